The standard InChI is InChI=1S/C20H28N4O.ClH/c1-15-11-16(12-17-5-4-9-22-20(15)17)14-24-10-3-2-6-18(24)13-23-19(25)7-8-21;/h4-5,9,11-12,18H,2-3,6-8,10,13-14,21H2,1H3,(H,23,25);1H. The van der Waals surface area contributed by atoms with Crippen molar-refractivity contribution < 1.29 is 4.79 Å². The molecule has 1 fully saturated rings. The van der Waals surface area contributed by atoms with Gasteiger partial charge in [0, 0.05) is 43.7 Å². The molecule has 0 radical (unpaired) electrons. The zero-order chi connectivity index (χ0) is 17.6. The minimum Gasteiger partial charge on any atom is -0.354 e. The Bertz CT molecular complexity index is 737. The Morgan fingerprint density at radius 2 is 2.23 bits per heavy atom. The van der Waals surface area contributed by atoms with Crippen molar-refractivity contribution in [3.8, 4) is 0 Å². The maximum absolute atomic E-state index is 11.7. The van der Waals surface area contributed by atoms with Crippen LogP contribution in [0.25, 0.3) is 10.9 Å². The summed E-state index contributed by atoms with van der Waals surface area (Å²) in [4.78, 5) is 18.7. The SMILES string of the molecule is Cc1cc(CN2CCCCC2CNC(=O)CCN)cc2cccnc12.Cl. The van der Waals surface area contributed by atoms with Gasteiger partial charge in [0.05, 0.1) is 5.52 Å². The van der Waals surface area contributed by atoms with Crippen LogP contribution in [0.3, 0.4) is 0 Å². The van der Waals surface area contributed by atoms with Gasteiger partial charge in [-0.1, -0.05) is 18.6 Å². The molecule has 0 spiro atoms. The molecule has 1 unspecified atom stereocenters. The molecule has 1 aliphatic rings. The van der Waals surface area contributed by atoms with Crippen LogP contribution in [0.2, 0.25) is 0 Å². The van der Waals surface area contributed by atoms with E-state index in [0.717, 1.165) is 25.0 Å². The highest BCUT2D eigenvalue weighted by atomic mass is 35.5. The molecule has 142 valence electrons. The molecule has 3 N–H and O–H groups in total. The number of benzene rings is 1. The van der Waals surface area contributed by atoms with Gasteiger partial charge in [0.25, 0.3) is 0 Å². The Kier molecular flexibility index (Phi) is 7.82. The maximum atomic E-state index is 11.7. The molecule has 6 heteroatoms. The molecular weight excluding hydrogens is 348 g/mol. The van der Waals surface area contributed by atoms with Crippen LogP contribution < -0.4 is 11.1 Å². The first kappa shape index (κ1) is 20.6. The summed E-state index contributed by atoms with van der Waals surface area (Å²) in [5.74, 6) is 0.0562. The molecule has 1 aliphatic heterocycles. The van der Waals surface area contributed by atoms with Gasteiger partial charge >= 0.3 is 0 Å². The third-order valence-corrected chi connectivity index (χ3v) is 5.00. The second-order valence-corrected chi connectivity index (χ2v) is 6.95. The van der Waals surface area contributed by atoms with Gasteiger partial charge in [0.15, 0.2) is 0 Å². The van der Waals surface area contributed by atoms with Gasteiger partial charge in [-0.2, -0.15) is 0 Å². The van der Waals surface area contributed by atoms with Gasteiger partial charge in [-0.05, 0) is 49.6 Å². The molecule has 0 bridgehead atoms. The molecule has 5 nitrogen and oxygen atoms in total. The molecule has 1 aromatic heterocycles. The number of likely N-dealkylation sites (tertiary alicyclic amines) is 1. The lowest BCUT2D eigenvalue weighted by molar-refractivity contribution is -0.121. The Morgan fingerprint density at radius 3 is 3.04 bits per heavy atom. The Hall–Kier alpha value is -1.69. The third kappa shape index (κ3) is 5.16. The normalized spacial score (nSPS) is 17.7. The van der Waals surface area contributed by atoms with Crippen molar-refractivity contribution >= 4 is 29.2 Å². The molecule has 1 saturated heterocycles. The number of fused-ring (bicyclic) bond motifs is 1. The number of halogens is 1. The quantitative estimate of drug-likeness (QED) is 0.813. The van der Waals surface area contributed by atoms with Crippen molar-refractivity contribution in [3.63, 3.8) is 0 Å². The van der Waals surface area contributed by atoms with Gasteiger partial charge in [-0.3, -0.25) is 14.7 Å². The van der Waals surface area contributed by atoms with E-state index in [1.54, 1.807) is 0 Å². The summed E-state index contributed by atoms with van der Waals surface area (Å²) in [6.07, 6.45) is 5.84. The number of piperidine rings is 1. The highest BCUT2D eigenvalue weighted by molar-refractivity contribution is 5.85. The number of amides is 1. The van der Waals surface area contributed by atoms with E-state index >= 15 is 0 Å². The largest absolute Gasteiger partial charge is 0.354 e. The number of aryl methyl sites for hydroxylation is 1. The van der Waals surface area contributed by atoms with Crippen LogP contribution >= 0.6 is 12.4 Å². The maximum Gasteiger partial charge on any atom is 0.221 e. The fourth-order valence-corrected chi connectivity index (χ4v) is 3.73. The third-order valence-electron chi connectivity index (χ3n) is 5.00. The molecule has 1 atom stereocenters. The molecule has 0 aliphatic carbocycles. The van der Waals surface area contributed by atoms with Gasteiger partial charge in [-0.25, -0.2) is 0 Å². The molecule has 1 amide bonds. The van der Waals surface area contributed by atoms with E-state index in [0.29, 0.717) is 25.6 Å². The average molecular weight is 377 g/mol. The second-order valence-electron chi connectivity index (χ2n) is 6.95. The Morgan fingerprint density at radius 1 is 1.38 bits per heavy atom. The number of hydrogen-bond donors (Lipinski definition) is 2. The summed E-state index contributed by atoms with van der Waals surface area (Å²) in [6, 6.07) is 9.00. The van der Waals surface area contributed by atoms with Crippen LogP contribution in [0.5, 0.6) is 0 Å². The van der Waals surface area contributed by atoms with Crippen molar-refractivity contribution in [2.24, 2.45) is 5.73 Å². The van der Waals surface area contributed by atoms with E-state index in [9.17, 15) is 4.79 Å². The number of nitrogens with two attached hydrogens (primary N) is 1. The van der Waals surface area contributed by atoms with Gasteiger partial charge in [0.2, 0.25) is 5.91 Å². The summed E-state index contributed by atoms with van der Waals surface area (Å²) in [5, 5.41) is 4.24. The summed E-state index contributed by atoms with van der Waals surface area (Å²) in [7, 11) is 0. The monoisotopic (exact) mass is 376 g/mol. The first-order chi connectivity index (χ1) is 12.2. The summed E-state index contributed by atoms with van der Waals surface area (Å²) < 4.78 is 0. The number of aromatic nitrogens is 1. The van der Waals surface area contributed by atoms with Crippen LogP contribution in [0.1, 0.15) is 36.8 Å². The Balaban J connectivity index is 0.00000243. The number of pyridine rings is 1. The topological polar surface area (TPSA) is 71.2 Å². The first-order valence-electron chi connectivity index (χ1n) is 9.22. The molecular formula is C20H29ClN4O. The van der Waals surface area contributed by atoms with E-state index in [2.05, 4.69) is 40.3 Å². The lowest BCUT2D eigenvalue weighted by Gasteiger charge is -2.36. The number of rotatable bonds is 6. The highest BCUT2D eigenvalue weighted by Gasteiger charge is 2.23. The number of nitrogens with zero attached hydrogens (tertiary/aromatic N) is 2. The van der Waals surface area contributed by atoms with Gasteiger partial charge < -0.3 is 11.1 Å². The molecule has 2 heterocycles. The van der Waals surface area contributed by atoms with Crippen LogP contribution in [0.4, 0.5) is 0 Å². The van der Waals surface area contributed by atoms with E-state index < -0.39 is 0 Å². The Labute approximate surface area is 161 Å². The predicted octanol–water partition coefficient (Wildman–Crippen LogP) is 2.78. The number of hydrogen-bond acceptors (Lipinski definition) is 4. The lowest BCUT2D eigenvalue weighted by atomic mass is 9.99. The zero-order valence-corrected chi connectivity index (χ0v) is 16.2. The lowest BCUT2D eigenvalue weighted by Crippen LogP contribution is -2.46. The average Bonchev–Trinajstić information content (AvgIpc) is 2.61. The van der Waals surface area contributed by atoms with Gasteiger partial charge in [0.1, 0.15) is 0 Å². The summed E-state index contributed by atoms with van der Waals surface area (Å²) in [5.41, 5.74) is 9.07. The summed E-state index contributed by atoms with van der Waals surface area (Å²) >= 11 is 0. The fraction of sp³-hybridized carbons (Fsp3) is 0.500. The van der Waals surface area contributed by atoms with Crippen molar-refractivity contribution in [2.45, 2.75) is 45.2 Å². The minimum absolute atomic E-state index is 0. The van der Waals surface area contributed by atoms with Crippen molar-refractivity contribution in [1.82, 2.24) is 15.2 Å². The molecule has 26 heavy (non-hydrogen) atoms. The predicted molar refractivity (Wildman–Crippen MR) is 108 cm³/mol. The molecule has 3 rings (SSSR count). The number of carbonyl (C=O) groups excluding carboxylic acids is 1. The smallest absolute Gasteiger partial charge is 0.221 e. The van der Waals surface area contributed by atoms with E-state index in [4.69, 9.17) is 5.73 Å². The fourth-order valence-electron chi connectivity index (χ4n) is 3.73. The zero-order valence-electron chi connectivity index (χ0n) is 15.4. The van der Waals surface area contributed by atoms with E-state index in [-0.39, 0.29) is 18.3 Å². The van der Waals surface area contributed by atoms with Crippen molar-refractivity contribution in [3.05, 3.63) is 41.6 Å². The van der Waals surface area contributed by atoms with Crippen molar-refractivity contribution in [2.75, 3.05) is 19.6 Å². The second kappa shape index (κ2) is 9.86. The molecule has 1 aromatic carbocycles. The van der Waals surface area contributed by atoms with Crippen LogP contribution in [0.15, 0.2) is 30.5 Å². The van der Waals surface area contributed by atoms with Gasteiger partial charge in [-0.15, -0.1) is 12.4 Å². The minimum atomic E-state index is 0. The molecule has 0 saturated carbocycles. The van der Waals surface area contributed by atoms with E-state index in [1.807, 2.05) is 12.3 Å². The summed E-state index contributed by atoms with van der Waals surface area (Å²) in [6.45, 7) is 5.25. The van der Waals surface area contributed by atoms with E-state index in [1.165, 1.54) is 29.4 Å². The molecule has 2 aromatic rings. The van der Waals surface area contributed by atoms with Crippen molar-refractivity contribution in [1.29, 1.82) is 0 Å². The first-order valence-corrected chi connectivity index (χ1v) is 9.22. The van der Waals surface area contributed by atoms with Crippen LogP contribution in [-0.2, 0) is 11.3 Å². The van der Waals surface area contributed by atoms with Crippen LogP contribution in [-0.4, -0.2) is 41.5 Å². The van der Waals surface area contributed by atoms with Crippen LogP contribution in [0, 0.1) is 6.92 Å². The number of carbonyl (C=O) groups is 1. The highest BCUT2D eigenvalue weighted by Crippen LogP contribution is 2.23. The number of nitrogens with one attached hydrogen (secondary N) is 1.